The van der Waals surface area contributed by atoms with Gasteiger partial charge in [0.25, 0.3) is 0 Å². The van der Waals surface area contributed by atoms with Crippen molar-refractivity contribution in [2.75, 3.05) is 6.26 Å². The number of aromatic nitrogens is 4. The van der Waals surface area contributed by atoms with E-state index in [1.54, 1.807) is 18.1 Å². The van der Waals surface area contributed by atoms with E-state index in [0.717, 1.165) is 22.2 Å². The maximum absolute atomic E-state index is 4.37. The van der Waals surface area contributed by atoms with Gasteiger partial charge in [0, 0.05) is 11.8 Å². The van der Waals surface area contributed by atoms with Crippen molar-refractivity contribution in [1.29, 1.82) is 0 Å². The van der Waals surface area contributed by atoms with Gasteiger partial charge in [0.2, 0.25) is 0 Å². The summed E-state index contributed by atoms with van der Waals surface area (Å²) in [6.07, 6.45) is 3.56. The Balaban J connectivity index is 2.49. The molecule has 2 aromatic rings. The van der Waals surface area contributed by atoms with Crippen LogP contribution < -0.4 is 0 Å². The molecule has 2 rings (SSSR count). The number of hydrogen-bond acceptors (Lipinski definition) is 4. The molecule has 0 atom stereocenters. The molecule has 0 fully saturated rings. The Morgan fingerprint density at radius 2 is 2.00 bits per heavy atom. The third-order valence-electron chi connectivity index (χ3n) is 2.06. The molecule has 0 unspecified atom stereocenters. The molecule has 0 aliphatic carbocycles. The molecular weight excluding hydrogens is 208 g/mol. The van der Waals surface area contributed by atoms with Gasteiger partial charge >= 0.3 is 0 Å². The topological polar surface area (TPSA) is 43.6 Å². The van der Waals surface area contributed by atoms with Crippen LogP contribution in [0.15, 0.2) is 23.5 Å². The highest BCUT2D eigenvalue weighted by atomic mass is 32.2. The van der Waals surface area contributed by atoms with Crippen LogP contribution >= 0.6 is 11.8 Å². The van der Waals surface area contributed by atoms with Crippen molar-refractivity contribution in [2.24, 2.45) is 0 Å². The fourth-order valence-electron chi connectivity index (χ4n) is 1.42. The second kappa shape index (κ2) is 4.02. The van der Waals surface area contributed by atoms with Gasteiger partial charge in [0.15, 0.2) is 5.82 Å². The second-order valence-corrected chi connectivity index (χ2v) is 4.08. The molecule has 0 aliphatic rings. The van der Waals surface area contributed by atoms with Crippen molar-refractivity contribution in [3.63, 3.8) is 0 Å². The molecule has 2 aromatic heterocycles. The zero-order chi connectivity index (χ0) is 10.8. The van der Waals surface area contributed by atoms with Crippen molar-refractivity contribution in [2.45, 2.75) is 18.9 Å². The first-order valence-electron chi connectivity index (χ1n) is 4.60. The van der Waals surface area contributed by atoms with Crippen molar-refractivity contribution in [3.05, 3.63) is 29.8 Å². The van der Waals surface area contributed by atoms with Crippen LogP contribution in [0.1, 0.15) is 11.4 Å². The van der Waals surface area contributed by atoms with E-state index in [2.05, 4.69) is 15.1 Å². The number of aryl methyl sites for hydroxylation is 2. The summed E-state index contributed by atoms with van der Waals surface area (Å²) in [5.41, 5.74) is 2.08. The lowest BCUT2D eigenvalue weighted by Gasteiger charge is -2.03. The molecule has 0 saturated heterocycles. The van der Waals surface area contributed by atoms with Gasteiger partial charge < -0.3 is 0 Å². The normalized spacial score (nSPS) is 10.6. The number of hydrogen-bond donors (Lipinski definition) is 0. The summed E-state index contributed by atoms with van der Waals surface area (Å²) in [6.45, 7) is 3.99. The van der Waals surface area contributed by atoms with E-state index in [-0.39, 0.29) is 0 Å². The van der Waals surface area contributed by atoms with Crippen LogP contribution in [0.2, 0.25) is 0 Å². The minimum absolute atomic E-state index is 0.819. The molecule has 0 radical (unpaired) electrons. The van der Waals surface area contributed by atoms with Crippen molar-refractivity contribution < 1.29 is 0 Å². The average molecular weight is 220 g/mol. The van der Waals surface area contributed by atoms with Crippen molar-refractivity contribution in [1.82, 2.24) is 19.7 Å². The fraction of sp³-hybridized carbons (Fsp3) is 0.300. The largest absolute Gasteiger partial charge is 0.230 e. The molecule has 2 heterocycles. The summed E-state index contributed by atoms with van der Waals surface area (Å²) in [7, 11) is 0. The van der Waals surface area contributed by atoms with E-state index in [4.69, 9.17) is 0 Å². The summed E-state index contributed by atoms with van der Waals surface area (Å²) in [6, 6.07) is 3.96. The standard InChI is InChI=1S/C10H12N4S/c1-7-4-8(2)14(13-7)9-5-10(15-3)12-6-11-9/h4-6H,1-3H3. The van der Waals surface area contributed by atoms with Crippen LogP contribution in [0.5, 0.6) is 0 Å². The van der Waals surface area contributed by atoms with E-state index in [1.165, 1.54) is 0 Å². The molecule has 0 aliphatic heterocycles. The van der Waals surface area contributed by atoms with Crippen molar-refractivity contribution in [3.8, 4) is 5.82 Å². The quantitative estimate of drug-likeness (QED) is 0.573. The van der Waals surface area contributed by atoms with Crippen LogP contribution in [-0.2, 0) is 0 Å². The predicted octanol–water partition coefficient (Wildman–Crippen LogP) is 2.00. The van der Waals surface area contributed by atoms with Gasteiger partial charge in [0.05, 0.1) is 5.69 Å². The number of thioether (sulfide) groups is 1. The summed E-state index contributed by atoms with van der Waals surface area (Å²) in [5.74, 6) is 0.819. The van der Waals surface area contributed by atoms with Crippen LogP contribution in [0, 0.1) is 13.8 Å². The first-order valence-corrected chi connectivity index (χ1v) is 5.83. The van der Waals surface area contributed by atoms with Crippen LogP contribution in [0.4, 0.5) is 0 Å². The summed E-state index contributed by atoms with van der Waals surface area (Å²) < 4.78 is 1.83. The molecule has 0 spiro atoms. The molecular formula is C10H12N4S. The van der Waals surface area contributed by atoms with E-state index >= 15 is 0 Å². The van der Waals surface area contributed by atoms with Crippen LogP contribution in [0.25, 0.3) is 5.82 Å². The maximum Gasteiger partial charge on any atom is 0.158 e. The summed E-state index contributed by atoms with van der Waals surface area (Å²) in [5, 5.41) is 5.32. The molecule has 15 heavy (non-hydrogen) atoms. The highest BCUT2D eigenvalue weighted by molar-refractivity contribution is 7.98. The van der Waals surface area contributed by atoms with Gasteiger partial charge in [0.1, 0.15) is 11.4 Å². The highest BCUT2D eigenvalue weighted by Crippen LogP contribution is 2.15. The Kier molecular flexibility index (Phi) is 2.73. The number of nitrogens with zero attached hydrogens (tertiary/aromatic N) is 4. The Bertz CT molecular complexity index is 478. The van der Waals surface area contributed by atoms with Gasteiger partial charge in [-0.2, -0.15) is 5.10 Å². The Hall–Kier alpha value is -1.36. The maximum atomic E-state index is 4.37. The van der Waals surface area contributed by atoms with E-state index in [9.17, 15) is 0 Å². The third kappa shape index (κ3) is 2.02. The molecule has 0 saturated carbocycles. The third-order valence-corrected chi connectivity index (χ3v) is 2.70. The van der Waals surface area contributed by atoms with Crippen molar-refractivity contribution >= 4 is 11.8 Å². The minimum atomic E-state index is 0.819. The zero-order valence-corrected chi connectivity index (χ0v) is 9.75. The van der Waals surface area contributed by atoms with E-state index in [1.807, 2.05) is 36.9 Å². The Morgan fingerprint density at radius 1 is 1.20 bits per heavy atom. The summed E-state index contributed by atoms with van der Waals surface area (Å²) >= 11 is 1.60. The molecule has 0 amide bonds. The molecule has 0 aromatic carbocycles. The van der Waals surface area contributed by atoms with E-state index < -0.39 is 0 Å². The van der Waals surface area contributed by atoms with Gasteiger partial charge in [-0.15, -0.1) is 11.8 Å². The lowest BCUT2D eigenvalue weighted by Crippen LogP contribution is -2.02. The summed E-state index contributed by atoms with van der Waals surface area (Å²) in [4.78, 5) is 8.34. The number of rotatable bonds is 2. The smallest absolute Gasteiger partial charge is 0.158 e. The molecule has 78 valence electrons. The average Bonchev–Trinajstić information content (AvgIpc) is 2.58. The second-order valence-electron chi connectivity index (χ2n) is 3.26. The predicted molar refractivity (Wildman–Crippen MR) is 60.4 cm³/mol. The van der Waals surface area contributed by atoms with Crippen LogP contribution in [0.3, 0.4) is 0 Å². The Labute approximate surface area is 92.8 Å². The van der Waals surface area contributed by atoms with Gasteiger partial charge in [-0.1, -0.05) is 0 Å². The van der Waals surface area contributed by atoms with Crippen LogP contribution in [-0.4, -0.2) is 26.0 Å². The lowest BCUT2D eigenvalue weighted by molar-refractivity contribution is 0.791. The molecule has 4 nitrogen and oxygen atoms in total. The minimum Gasteiger partial charge on any atom is -0.230 e. The van der Waals surface area contributed by atoms with Gasteiger partial charge in [-0.05, 0) is 26.2 Å². The molecule has 5 heteroatoms. The molecule has 0 bridgehead atoms. The fourth-order valence-corrected chi connectivity index (χ4v) is 1.79. The monoisotopic (exact) mass is 220 g/mol. The SMILES string of the molecule is CSc1cc(-n2nc(C)cc2C)ncn1. The Morgan fingerprint density at radius 3 is 2.60 bits per heavy atom. The highest BCUT2D eigenvalue weighted by Gasteiger charge is 2.05. The van der Waals surface area contributed by atoms with Gasteiger partial charge in [-0.3, -0.25) is 0 Å². The van der Waals surface area contributed by atoms with Gasteiger partial charge in [-0.25, -0.2) is 14.6 Å². The van der Waals surface area contributed by atoms with E-state index in [0.29, 0.717) is 0 Å². The zero-order valence-electron chi connectivity index (χ0n) is 8.93. The lowest BCUT2D eigenvalue weighted by atomic mass is 10.4. The first-order chi connectivity index (χ1) is 7.20. The molecule has 0 N–H and O–H groups in total. The first kappa shape index (κ1) is 10.2.